The van der Waals surface area contributed by atoms with Crippen LogP contribution in [0.5, 0.6) is 0 Å². The van der Waals surface area contributed by atoms with Crippen molar-refractivity contribution in [2.75, 3.05) is 0 Å². The molecule has 1 aromatic rings. The molecule has 1 aromatic carbocycles. The average Bonchev–Trinajstić information content (AvgIpc) is 2.58. The highest BCUT2D eigenvalue weighted by atomic mass is 16.7. The highest BCUT2D eigenvalue weighted by Gasteiger charge is 2.51. The van der Waals surface area contributed by atoms with E-state index < -0.39 is 24.2 Å². The predicted molar refractivity (Wildman–Crippen MR) is 79.8 cm³/mol. The van der Waals surface area contributed by atoms with Crippen LogP contribution in [0.3, 0.4) is 0 Å². The van der Waals surface area contributed by atoms with E-state index in [0.717, 1.165) is 5.46 Å². The van der Waals surface area contributed by atoms with Gasteiger partial charge in [0.15, 0.2) is 0 Å². The standard InChI is InChI=1S/C15H19BN2O3/c1-14(2)15(3,4)21-16(20-14)12-6-5-10(8-13(18)19)11(7-12)9-17/h5-7H,8H2,1-4H3,(H2,18,19). The molecule has 0 bridgehead atoms. The predicted octanol–water partition coefficient (Wildman–Crippen LogP) is 0.885. The van der Waals surface area contributed by atoms with E-state index in [1.54, 1.807) is 18.2 Å². The van der Waals surface area contributed by atoms with Crippen molar-refractivity contribution in [1.82, 2.24) is 0 Å². The fourth-order valence-corrected chi connectivity index (χ4v) is 2.17. The molecule has 0 aliphatic carbocycles. The third-order valence-corrected chi connectivity index (χ3v) is 4.14. The number of hydrogen-bond donors (Lipinski definition) is 1. The maximum absolute atomic E-state index is 11.0. The minimum atomic E-state index is -0.523. The van der Waals surface area contributed by atoms with Gasteiger partial charge in [0.2, 0.25) is 5.91 Å². The van der Waals surface area contributed by atoms with Crippen molar-refractivity contribution in [3.63, 3.8) is 0 Å². The van der Waals surface area contributed by atoms with Crippen molar-refractivity contribution < 1.29 is 14.1 Å². The Kier molecular flexibility index (Phi) is 3.83. The number of nitrogens with two attached hydrogens (primary N) is 1. The lowest BCUT2D eigenvalue weighted by molar-refractivity contribution is -0.117. The van der Waals surface area contributed by atoms with E-state index in [2.05, 4.69) is 6.07 Å². The third-order valence-electron chi connectivity index (χ3n) is 4.14. The average molecular weight is 286 g/mol. The zero-order valence-electron chi connectivity index (χ0n) is 12.8. The van der Waals surface area contributed by atoms with E-state index >= 15 is 0 Å². The Balaban J connectivity index is 2.31. The Labute approximate surface area is 125 Å². The first-order valence-corrected chi connectivity index (χ1v) is 6.83. The third kappa shape index (κ3) is 2.94. The minimum absolute atomic E-state index is 0.0482. The number of benzene rings is 1. The topological polar surface area (TPSA) is 85.3 Å². The molecule has 2 rings (SSSR count). The quantitative estimate of drug-likeness (QED) is 0.836. The molecule has 1 amide bonds. The number of amides is 1. The number of primary amides is 1. The molecule has 1 fully saturated rings. The van der Waals surface area contributed by atoms with Crippen LogP contribution in [-0.4, -0.2) is 24.2 Å². The second-order valence-electron chi connectivity index (χ2n) is 6.26. The lowest BCUT2D eigenvalue weighted by Gasteiger charge is -2.32. The Bertz CT molecular complexity index is 604. The van der Waals surface area contributed by atoms with Crippen molar-refractivity contribution in [1.29, 1.82) is 5.26 Å². The maximum Gasteiger partial charge on any atom is 0.494 e. The summed E-state index contributed by atoms with van der Waals surface area (Å²) >= 11 is 0. The normalized spacial score (nSPS) is 19.3. The molecule has 1 aliphatic rings. The highest BCUT2D eigenvalue weighted by Crippen LogP contribution is 2.36. The van der Waals surface area contributed by atoms with Gasteiger partial charge in [-0.25, -0.2) is 0 Å². The zero-order chi connectivity index (χ0) is 15.8. The summed E-state index contributed by atoms with van der Waals surface area (Å²) < 4.78 is 11.9. The summed E-state index contributed by atoms with van der Waals surface area (Å²) in [6.07, 6.45) is 0.0482. The summed E-state index contributed by atoms with van der Waals surface area (Å²) in [5.41, 5.74) is 6.11. The van der Waals surface area contributed by atoms with Gasteiger partial charge in [-0.3, -0.25) is 4.79 Å². The molecule has 0 unspecified atom stereocenters. The van der Waals surface area contributed by atoms with Crippen molar-refractivity contribution in [2.24, 2.45) is 5.73 Å². The summed E-state index contributed by atoms with van der Waals surface area (Å²) in [6, 6.07) is 7.31. The van der Waals surface area contributed by atoms with Gasteiger partial charge >= 0.3 is 7.12 Å². The molecule has 1 saturated heterocycles. The molecule has 5 nitrogen and oxygen atoms in total. The number of nitriles is 1. The van der Waals surface area contributed by atoms with E-state index in [1.165, 1.54) is 0 Å². The van der Waals surface area contributed by atoms with Gasteiger partial charge in [-0.2, -0.15) is 5.26 Å². The molecule has 0 radical (unpaired) electrons. The monoisotopic (exact) mass is 286 g/mol. The number of hydrogen-bond acceptors (Lipinski definition) is 4. The van der Waals surface area contributed by atoms with Crippen LogP contribution in [-0.2, 0) is 20.5 Å². The molecule has 0 spiro atoms. The van der Waals surface area contributed by atoms with E-state index in [0.29, 0.717) is 11.1 Å². The van der Waals surface area contributed by atoms with Gasteiger partial charge in [0.1, 0.15) is 0 Å². The number of carbonyl (C=O) groups is 1. The first kappa shape index (κ1) is 15.6. The number of carbonyl (C=O) groups excluding carboxylic acids is 1. The van der Waals surface area contributed by atoms with Crippen molar-refractivity contribution >= 4 is 18.5 Å². The van der Waals surface area contributed by atoms with Crippen LogP contribution in [0.1, 0.15) is 38.8 Å². The number of rotatable bonds is 3. The zero-order valence-corrected chi connectivity index (χ0v) is 12.8. The fraction of sp³-hybridized carbons (Fsp3) is 0.467. The van der Waals surface area contributed by atoms with E-state index in [1.807, 2.05) is 27.7 Å². The van der Waals surface area contributed by atoms with E-state index in [4.69, 9.17) is 15.0 Å². The van der Waals surface area contributed by atoms with Crippen LogP contribution in [0, 0.1) is 11.3 Å². The summed E-state index contributed by atoms with van der Waals surface area (Å²) in [5, 5.41) is 9.22. The Hall–Kier alpha value is -1.84. The van der Waals surface area contributed by atoms with Crippen LogP contribution in [0.2, 0.25) is 0 Å². The highest BCUT2D eigenvalue weighted by molar-refractivity contribution is 6.62. The van der Waals surface area contributed by atoms with Gasteiger partial charge in [0, 0.05) is 0 Å². The summed E-state index contributed by atoms with van der Waals surface area (Å²) in [4.78, 5) is 11.0. The van der Waals surface area contributed by atoms with Gasteiger partial charge in [-0.1, -0.05) is 12.1 Å². The molecule has 0 aromatic heterocycles. The largest absolute Gasteiger partial charge is 0.494 e. The Morgan fingerprint density at radius 2 is 1.86 bits per heavy atom. The molecular weight excluding hydrogens is 267 g/mol. The van der Waals surface area contributed by atoms with Crippen LogP contribution >= 0.6 is 0 Å². The molecule has 1 heterocycles. The summed E-state index contributed by atoms with van der Waals surface area (Å²) in [5.74, 6) is -0.463. The van der Waals surface area contributed by atoms with Crippen molar-refractivity contribution in [3.8, 4) is 6.07 Å². The molecule has 2 N–H and O–H groups in total. The Morgan fingerprint density at radius 1 is 1.29 bits per heavy atom. The van der Waals surface area contributed by atoms with Gasteiger partial charge < -0.3 is 15.0 Å². The molecule has 0 saturated carbocycles. The van der Waals surface area contributed by atoms with Gasteiger partial charge in [0.05, 0.1) is 29.3 Å². The molecule has 110 valence electrons. The molecule has 6 heteroatoms. The lowest BCUT2D eigenvalue weighted by atomic mass is 9.77. The lowest BCUT2D eigenvalue weighted by Crippen LogP contribution is -2.41. The second kappa shape index (κ2) is 5.17. The van der Waals surface area contributed by atoms with E-state index in [-0.39, 0.29) is 6.42 Å². The molecule has 21 heavy (non-hydrogen) atoms. The van der Waals surface area contributed by atoms with Crippen LogP contribution < -0.4 is 11.2 Å². The number of nitrogens with zero attached hydrogens (tertiary/aromatic N) is 1. The fourth-order valence-electron chi connectivity index (χ4n) is 2.17. The SMILES string of the molecule is CC1(C)OB(c2ccc(CC(N)=O)c(C#N)c2)OC1(C)C. The first-order valence-electron chi connectivity index (χ1n) is 6.83. The molecular formula is C15H19BN2O3. The van der Waals surface area contributed by atoms with Crippen LogP contribution in [0.15, 0.2) is 18.2 Å². The van der Waals surface area contributed by atoms with Crippen molar-refractivity contribution in [3.05, 3.63) is 29.3 Å². The second-order valence-corrected chi connectivity index (χ2v) is 6.26. The molecule has 1 aliphatic heterocycles. The van der Waals surface area contributed by atoms with Crippen LogP contribution in [0.25, 0.3) is 0 Å². The first-order chi connectivity index (χ1) is 9.66. The smallest absolute Gasteiger partial charge is 0.399 e. The van der Waals surface area contributed by atoms with Crippen LogP contribution in [0.4, 0.5) is 0 Å². The van der Waals surface area contributed by atoms with Crippen molar-refractivity contribution in [2.45, 2.75) is 45.3 Å². The van der Waals surface area contributed by atoms with Gasteiger partial charge in [0.25, 0.3) is 0 Å². The summed E-state index contributed by atoms with van der Waals surface area (Å²) in [7, 11) is -0.523. The minimum Gasteiger partial charge on any atom is -0.399 e. The summed E-state index contributed by atoms with van der Waals surface area (Å²) in [6.45, 7) is 7.89. The maximum atomic E-state index is 11.0. The van der Waals surface area contributed by atoms with Gasteiger partial charge in [-0.15, -0.1) is 0 Å². The van der Waals surface area contributed by atoms with E-state index in [9.17, 15) is 10.1 Å². The molecule has 0 atom stereocenters. The Morgan fingerprint density at radius 3 is 2.33 bits per heavy atom. The van der Waals surface area contributed by atoms with Gasteiger partial charge in [-0.05, 0) is 44.8 Å².